The van der Waals surface area contributed by atoms with Gasteiger partial charge in [0.1, 0.15) is 5.75 Å². The Hall–Kier alpha value is -1.75. The van der Waals surface area contributed by atoms with E-state index >= 15 is 0 Å². The molecule has 1 aromatic rings. The molecule has 1 aliphatic carbocycles. The van der Waals surface area contributed by atoms with Crippen LogP contribution in [0.5, 0.6) is 5.75 Å². The van der Waals surface area contributed by atoms with Gasteiger partial charge in [-0.25, -0.2) is 4.79 Å². The summed E-state index contributed by atoms with van der Waals surface area (Å²) in [5.41, 5.74) is 1.19. The second-order valence-electron chi connectivity index (χ2n) is 7.65. The van der Waals surface area contributed by atoms with E-state index in [4.69, 9.17) is 4.74 Å². The predicted octanol–water partition coefficient (Wildman–Crippen LogP) is 3.50. The Bertz CT molecular complexity index is 567. The molecule has 138 valence electrons. The highest BCUT2D eigenvalue weighted by Crippen LogP contribution is 2.39. The van der Waals surface area contributed by atoms with Gasteiger partial charge in [0, 0.05) is 18.7 Å². The molecule has 3 N–H and O–H groups in total. The van der Waals surface area contributed by atoms with Crippen molar-refractivity contribution in [1.82, 2.24) is 10.6 Å². The molecule has 1 spiro atoms. The van der Waals surface area contributed by atoms with Crippen LogP contribution in [-0.4, -0.2) is 35.4 Å². The van der Waals surface area contributed by atoms with Crippen LogP contribution in [-0.2, 0) is 11.2 Å². The van der Waals surface area contributed by atoms with Crippen molar-refractivity contribution in [1.29, 1.82) is 0 Å². The van der Waals surface area contributed by atoms with Crippen LogP contribution in [0.1, 0.15) is 57.4 Å². The third-order valence-corrected chi connectivity index (χ3v) is 5.52. The fraction of sp³-hybridized carbons (Fsp3) is 0.650. The van der Waals surface area contributed by atoms with E-state index < -0.39 is 0 Å². The zero-order chi connectivity index (χ0) is 17.7. The Morgan fingerprint density at radius 1 is 1.32 bits per heavy atom. The summed E-state index contributed by atoms with van der Waals surface area (Å²) in [4.78, 5) is 12.3. The molecule has 0 bridgehead atoms. The van der Waals surface area contributed by atoms with Gasteiger partial charge in [0.2, 0.25) is 0 Å². The Morgan fingerprint density at radius 2 is 2.04 bits per heavy atom. The molecule has 2 fully saturated rings. The number of phenolic OH excluding ortho intramolecular Hbond substituents is 1. The number of hydrogen-bond acceptors (Lipinski definition) is 3. The summed E-state index contributed by atoms with van der Waals surface area (Å²) in [6.45, 7) is 2.78. The van der Waals surface area contributed by atoms with Crippen molar-refractivity contribution < 1.29 is 14.6 Å². The van der Waals surface area contributed by atoms with E-state index in [1.807, 2.05) is 19.1 Å². The first-order valence-electron chi connectivity index (χ1n) is 9.54. The SMILES string of the molecule is C[C@H](CCc1ccc(O)cc1)NC(=O)N[C@H]1CCOC2(CCCC2)C1. The van der Waals surface area contributed by atoms with Gasteiger partial charge in [-0.15, -0.1) is 0 Å². The maximum atomic E-state index is 12.3. The molecular weight excluding hydrogens is 316 g/mol. The Balaban J connectivity index is 1.40. The van der Waals surface area contributed by atoms with Crippen molar-refractivity contribution in [3.63, 3.8) is 0 Å². The zero-order valence-electron chi connectivity index (χ0n) is 15.1. The second kappa shape index (κ2) is 8.09. The van der Waals surface area contributed by atoms with Crippen molar-refractivity contribution in [3.05, 3.63) is 29.8 Å². The molecular formula is C20H30N2O3. The maximum Gasteiger partial charge on any atom is 0.315 e. The third kappa shape index (κ3) is 5.11. The topological polar surface area (TPSA) is 70.6 Å². The average Bonchev–Trinajstić information content (AvgIpc) is 3.02. The van der Waals surface area contributed by atoms with Gasteiger partial charge in [-0.2, -0.15) is 0 Å². The van der Waals surface area contributed by atoms with E-state index in [9.17, 15) is 9.90 Å². The van der Waals surface area contributed by atoms with Gasteiger partial charge >= 0.3 is 6.03 Å². The van der Waals surface area contributed by atoms with Crippen molar-refractivity contribution in [2.75, 3.05) is 6.61 Å². The first-order valence-corrected chi connectivity index (χ1v) is 9.54. The Labute approximate surface area is 150 Å². The van der Waals surface area contributed by atoms with Crippen LogP contribution < -0.4 is 10.6 Å². The van der Waals surface area contributed by atoms with Gasteiger partial charge in [0.05, 0.1) is 5.60 Å². The summed E-state index contributed by atoms with van der Waals surface area (Å²) in [6.07, 6.45) is 8.35. The molecule has 0 aromatic heterocycles. The summed E-state index contributed by atoms with van der Waals surface area (Å²) in [6, 6.07) is 7.49. The quantitative estimate of drug-likeness (QED) is 0.764. The van der Waals surface area contributed by atoms with Crippen molar-refractivity contribution in [2.45, 2.75) is 76.0 Å². The monoisotopic (exact) mass is 346 g/mol. The fourth-order valence-electron chi connectivity index (χ4n) is 4.09. The number of aromatic hydroxyl groups is 1. The molecule has 5 nitrogen and oxygen atoms in total. The molecule has 3 rings (SSSR count). The standard InChI is InChI=1S/C20H30N2O3/c1-15(4-5-16-6-8-18(23)9-7-16)21-19(24)22-17-10-13-25-20(14-17)11-2-3-12-20/h6-9,15,17,23H,2-5,10-14H2,1H3,(H2,21,22,24)/t15-,17+/m1/s1. The van der Waals surface area contributed by atoms with Crippen LogP contribution >= 0.6 is 0 Å². The molecule has 0 unspecified atom stereocenters. The van der Waals surface area contributed by atoms with Crippen LogP contribution in [0.3, 0.4) is 0 Å². The highest BCUT2D eigenvalue weighted by molar-refractivity contribution is 5.74. The molecule has 2 amide bonds. The van der Waals surface area contributed by atoms with Gasteiger partial charge in [-0.05, 0) is 63.1 Å². The largest absolute Gasteiger partial charge is 0.508 e. The number of benzene rings is 1. The maximum absolute atomic E-state index is 12.3. The molecule has 1 aromatic carbocycles. The van der Waals surface area contributed by atoms with Crippen LogP contribution in [0.15, 0.2) is 24.3 Å². The number of nitrogens with one attached hydrogen (secondary N) is 2. The number of urea groups is 1. The van der Waals surface area contributed by atoms with Crippen LogP contribution in [0.2, 0.25) is 0 Å². The second-order valence-corrected chi connectivity index (χ2v) is 7.65. The number of ether oxygens (including phenoxy) is 1. The lowest BCUT2D eigenvalue weighted by molar-refractivity contribution is -0.0820. The van der Waals surface area contributed by atoms with E-state index in [2.05, 4.69) is 10.6 Å². The minimum Gasteiger partial charge on any atom is -0.508 e. The van der Waals surface area contributed by atoms with E-state index in [1.54, 1.807) is 12.1 Å². The molecule has 2 atom stereocenters. The zero-order valence-corrected chi connectivity index (χ0v) is 15.1. The van der Waals surface area contributed by atoms with E-state index in [-0.39, 0.29) is 29.5 Å². The number of carbonyl (C=O) groups is 1. The highest BCUT2D eigenvalue weighted by atomic mass is 16.5. The number of phenols is 1. The van der Waals surface area contributed by atoms with Gasteiger partial charge in [0.25, 0.3) is 0 Å². The summed E-state index contributed by atoms with van der Waals surface area (Å²) >= 11 is 0. The lowest BCUT2D eigenvalue weighted by Crippen LogP contribution is -2.51. The number of hydrogen-bond donors (Lipinski definition) is 3. The lowest BCUT2D eigenvalue weighted by Gasteiger charge is -2.38. The summed E-state index contributed by atoms with van der Waals surface area (Å²) in [5.74, 6) is 0.283. The van der Waals surface area contributed by atoms with Gasteiger partial charge in [-0.1, -0.05) is 25.0 Å². The average molecular weight is 346 g/mol. The fourth-order valence-corrected chi connectivity index (χ4v) is 4.09. The first-order chi connectivity index (χ1) is 12.0. The van der Waals surface area contributed by atoms with Crippen LogP contribution in [0, 0.1) is 0 Å². The van der Waals surface area contributed by atoms with Crippen LogP contribution in [0.4, 0.5) is 4.79 Å². The van der Waals surface area contributed by atoms with Crippen molar-refractivity contribution in [2.24, 2.45) is 0 Å². The predicted molar refractivity (Wildman–Crippen MR) is 97.7 cm³/mol. The van der Waals surface area contributed by atoms with Gasteiger partial charge in [-0.3, -0.25) is 0 Å². The van der Waals surface area contributed by atoms with E-state index in [1.165, 1.54) is 18.4 Å². The van der Waals surface area contributed by atoms with Crippen LogP contribution in [0.25, 0.3) is 0 Å². The molecule has 1 saturated heterocycles. The molecule has 25 heavy (non-hydrogen) atoms. The minimum absolute atomic E-state index is 0.0285. The van der Waals surface area contributed by atoms with Crippen molar-refractivity contribution >= 4 is 6.03 Å². The highest BCUT2D eigenvalue weighted by Gasteiger charge is 2.40. The van der Waals surface area contributed by atoms with Crippen molar-refractivity contribution in [3.8, 4) is 5.75 Å². The van der Waals surface area contributed by atoms with Gasteiger partial charge in [0.15, 0.2) is 0 Å². The molecule has 2 aliphatic rings. The number of amides is 2. The summed E-state index contributed by atoms with van der Waals surface area (Å²) in [5, 5.41) is 15.5. The van der Waals surface area contributed by atoms with Gasteiger partial charge < -0.3 is 20.5 Å². The normalized spacial score (nSPS) is 23.3. The summed E-state index contributed by atoms with van der Waals surface area (Å²) < 4.78 is 6.03. The Morgan fingerprint density at radius 3 is 2.76 bits per heavy atom. The smallest absolute Gasteiger partial charge is 0.315 e. The molecule has 1 aliphatic heterocycles. The number of rotatable bonds is 5. The Kier molecular flexibility index (Phi) is 5.84. The molecule has 0 radical (unpaired) electrons. The number of aryl methyl sites for hydroxylation is 1. The number of carbonyl (C=O) groups excluding carboxylic acids is 1. The molecule has 5 heteroatoms. The van der Waals surface area contributed by atoms with E-state index in [0.717, 1.165) is 45.1 Å². The minimum atomic E-state index is -0.0711. The molecule has 1 heterocycles. The molecule has 1 saturated carbocycles. The lowest BCUT2D eigenvalue weighted by atomic mass is 9.89. The summed E-state index contributed by atoms with van der Waals surface area (Å²) in [7, 11) is 0. The first kappa shape index (κ1) is 18.1. The van der Waals surface area contributed by atoms with E-state index in [0.29, 0.717) is 0 Å². The third-order valence-electron chi connectivity index (χ3n) is 5.52.